The quantitative estimate of drug-likeness (QED) is 0.399. The van der Waals surface area contributed by atoms with Crippen LogP contribution < -0.4 is 9.62 Å². The van der Waals surface area contributed by atoms with Crippen LogP contribution in [0.2, 0.25) is 0 Å². The summed E-state index contributed by atoms with van der Waals surface area (Å²) in [5.41, 5.74) is 2.92. The first-order chi connectivity index (χ1) is 18.0. The maximum Gasteiger partial charge on any atom is 0.244 e. The van der Waals surface area contributed by atoms with Crippen LogP contribution in [0, 0.1) is 19.7 Å². The number of rotatable bonds is 11. The summed E-state index contributed by atoms with van der Waals surface area (Å²) in [7, 11) is -3.87. The van der Waals surface area contributed by atoms with Gasteiger partial charge in [-0.3, -0.25) is 13.9 Å². The fourth-order valence-corrected chi connectivity index (χ4v) is 5.14. The number of carbonyl (C=O) groups excluding carboxylic acids is 2. The summed E-state index contributed by atoms with van der Waals surface area (Å²) in [6.45, 7) is 4.96. The van der Waals surface area contributed by atoms with Crippen molar-refractivity contribution in [3.05, 3.63) is 101 Å². The standard InChI is InChI=1S/C29H34FN3O4S/c1-5-31-29(35)27(18-23-11-7-6-8-12-23)32(19-24-13-9-10-14-25(24)30)28(34)20-33(38(4,36)37)26-17-21(2)15-16-22(26)3/h6-17,27H,5,18-20H2,1-4H3,(H,31,35)/t27-/m1/s1. The van der Waals surface area contributed by atoms with Gasteiger partial charge in [0.25, 0.3) is 0 Å². The smallest absolute Gasteiger partial charge is 0.244 e. The molecule has 2 amide bonds. The van der Waals surface area contributed by atoms with Gasteiger partial charge in [0.1, 0.15) is 18.4 Å². The Bertz CT molecular complexity index is 1380. The Morgan fingerprint density at radius 3 is 2.26 bits per heavy atom. The molecule has 0 fully saturated rings. The fraction of sp³-hybridized carbons (Fsp3) is 0.310. The number of hydrogen-bond donors (Lipinski definition) is 1. The highest BCUT2D eigenvalue weighted by atomic mass is 32.2. The lowest BCUT2D eigenvalue weighted by Gasteiger charge is -2.33. The van der Waals surface area contributed by atoms with E-state index in [0.29, 0.717) is 17.8 Å². The van der Waals surface area contributed by atoms with Crippen LogP contribution in [0.3, 0.4) is 0 Å². The van der Waals surface area contributed by atoms with E-state index in [4.69, 9.17) is 0 Å². The van der Waals surface area contributed by atoms with Gasteiger partial charge in [0, 0.05) is 25.1 Å². The molecule has 0 bridgehead atoms. The van der Waals surface area contributed by atoms with Crippen LogP contribution in [-0.4, -0.2) is 50.5 Å². The third-order valence-corrected chi connectivity index (χ3v) is 7.36. The molecule has 3 aromatic carbocycles. The Labute approximate surface area is 224 Å². The molecule has 202 valence electrons. The van der Waals surface area contributed by atoms with Gasteiger partial charge in [-0.1, -0.05) is 60.7 Å². The van der Waals surface area contributed by atoms with Crippen molar-refractivity contribution in [2.24, 2.45) is 0 Å². The van der Waals surface area contributed by atoms with Gasteiger partial charge in [-0.15, -0.1) is 0 Å². The van der Waals surface area contributed by atoms with Gasteiger partial charge < -0.3 is 10.2 Å². The van der Waals surface area contributed by atoms with Crippen molar-refractivity contribution in [2.45, 2.75) is 39.8 Å². The second kappa shape index (κ2) is 12.7. The molecule has 0 heterocycles. The lowest BCUT2D eigenvalue weighted by Crippen LogP contribution is -2.53. The maximum absolute atomic E-state index is 14.7. The first-order valence-electron chi connectivity index (χ1n) is 12.4. The molecule has 0 unspecified atom stereocenters. The van der Waals surface area contributed by atoms with Crippen LogP contribution in [0.5, 0.6) is 0 Å². The van der Waals surface area contributed by atoms with Crippen molar-refractivity contribution >= 4 is 27.5 Å². The van der Waals surface area contributed by atoms with E-state index in [1.54, 1.807) is 44.2 Å². The normalized spacial score (nSPS) is 12.0. The molecule has 0 aliphatic heterocycles. The maximum atomic E-state index is 14.7. The van der Waals surface area contributed by atoms with E-state index < -0.39 is 40.2 Å². The van der Waals surface area contributed by atoms with E-state index in [1.807, 2.05) is 43.3 Å². The first-order valence-corrected chi connectivity index (χ1v) is 14.3. The molecule has 0 saturated carbocycles. The number of nitrogens with one attached hydrogen (secondary N) is 1. The van der Waals surface area contributed by atoms with Crippen LogP contribution >= 0.6 is 0 Å². The van der Waals surface area contributed by atoms with E-state index >= 15 is 0 Å². The Morgan fingerprint density at radius 1 is 0.974 bits per heavy atom. The average Bonchev–Trinajstić information content (AvgIpc) is 2.87. The SMILES string of the molecule is CCNC(=O)[C@@H](Cc1ccccc1)N(Cc1ccccc1F)C(=O)CN(c1cc(C)ccc1C)S(C)(=O)=O. The van der Waals surface area contributed by atoms with Crippen molar-refractivity contribution < 1.29 is 22.4 Å². The second-order valence-corrected chi connectivity index (χ2v) is 11.2. The summed E-state index contributed by atoms with van der Waals surface area (Å²) < 4.78 is 41.5. The van der Waals surface area contributed by atoms with Crippen LogP contribution in [0.25, 0.3) is 0 Å². The van der Waals surface area contributed by atoms with Crippen LogP contribution in [0.4, 0.5) is 10.1 Å². The lowest BCUT2D eigenvalue weighted by atomic mass is 10.0. The van der Waals surface area contributed by atoms with Crippen molar-refractivity contribution in [1.82, 2.24) is 10.2 Å². The minimum atomic E-state index is -3.87. The molecular formula is C29H34FN3O4S. The number of sulfonamides is 1. The summed E-state index contributed by atoms with van der Waals surface area (Å²) in [6, 6.07) is 19.6. The minimum absolute atomic E-state index is 0.176. The van der Waals surface area contributed by atoms with Gasteiger partial charge in [0.2, 0.25) is 21.8 Å². The van der Waals surface area contributed by atoms with Crippen molar-refractivity contribution in [2.75, 3.05) is 23.7 Å². The minimum Gasteiger partial charge on any atom is -0.355 e. The highest BCUT2D eigenvalue weighted by Gasteiger charge is 2.33. The predicted molar refractivity (Wildman–Crippen MR) is 148 cm³/mol. The molecule has 0 aliphatic carbocycles. The summed E-state index contributed by atoms with van der Waals surface area (Å²) in [6.07, 6.45) is 1.21. The van der Waals surface area contributed by atoms with Crippen LogP contribution in [-0.2, 0) is 32.6 Å². The molecule has 9 heteroatoms. The lowest BCUT2D eigenvalue weighted by molar-refractivity contribution is -0.140. The molecule has 1 atom stereocenters. The van der Waals surface area contributed by atoms with Crippen molar-refractivity contribution in [1.29, 1.82) is 0 Å². The summed E-state index contributed by atoms with van der Waals surface area (Å²) >= 11 is 0. The topological polar surface area (TPSA) is 86.8 Å². The second-order valence-electron chi connectivity index (χ2n) is 9.27. The molecule has 0 saturated heterocycles. The largest absolute Gasteiger partial charge is 0.355 e. The number of likely N-dealkylation sites (N-methyl/N-ethyl adjacent to an activating group) is 1. The fourth-order valence-electron chi connectivity index (χ4n) is 4.24. The Hall–Kier alpha value is -3.72. The molecule has 3 aromatic rings. The number of carbonyl (C=O) groups is 2. The molecule has 0 radical (unpaired) electrons. The van der Waals surface area contributed by atoms with Gasteiger partial charge >= 0.3 is 0 Å². The highest BCUT2D eigenvalue weighted by Crippen LogP contribution is 2.25. The summed E-state index contributed by atoms with van der Waals surface area (Å²) in [4.78, 5) is 28.5. The molecule has 0 spiro atoms. The van der Waals surface area contributed by atoms with Crippen LogP contribution in [0.15, 0.2) is 72.8 Å². The molecule has 7 nitrogen and oxygen atoms in total. The van der Waals surface area contributed by atoms with E-state index in [0.717, 1.165) is 21.7 Å². The number of halogens is 1. The van der Waals surface area contributed by atoms with Gasteiger partial charge in [-0.2, -0.15) is 0 Å². The average molecular weight is 540 g/mol. The zero-order chi connectivity index (χ0) is 27.9. The van der Waals surface area contributed by atoms with E-state index in [2.05, 4.69) is 5.32 Å². The van der Waals surface area contributed by atoms with Gasteiger partial charge in [-0.25, -0.2) is 12.8 Å². The third kappa shape index (κ3) is 7.41. The number of aryl methyl sites for hydroxylation is 2. The zero-order valence-corrected chi connectivity index (χ0v) is 23.0. The van der Waals surface area contributed by atoms with Crippen molar-refractivity contribution in [3.8, 4) is 0 Å². The van der Waals surface area contributed by atoms with Gasteiger partial charge in [0.05, 0.1) is 11.9 Å². The monoisotopic (exact) mass is 539 g/mol. The Kier molecular flexibility index (Phi) is 9.63. The number of nitrogens with zero attached hydrogens (tertiary/aromatic N) is 2. The Morgan fingerprint density at radius 2 is 1.63 bits per heavy atom. The zero-order valence-electron chi connectivity index (χ0n) is 22.1. The van der Waals surface area contributed by atoms with Crippen molar-refractivity contribution in [3.63, 3.8) is 0 Å². The predicted octanol–water partition coefficient (Wildman–Crippen LogP) is 3.98. The first kappa shape index (κ1) is 28.8. The molecule has 38 heavy (non-hydrogen) atoms. The van der Waals surface area contributed by atoms with E-state index in [1.165, 1.54) is 11.0 Å². The van der Waals surface area contributed by atoms with Gasteiger partial charge in [-0.05, 0) is 49.6 Å². The van der Waals surface area contributed by atoms with Gasteiger partial charge in [0.15, 0.2) is 0 Å². The third-order valence-electron chi connectivity index (χ3n) is 6.23. The molecule has 3 rings (SSSR count). The van der Waals surface area contributed by atoms with Crippen LogP contribution in [0.1, 0.15) is 29.2 Å². The number of benzene rings is 3. The number of amides is 2. The molecule has 0 aliphatic rings. The molecular weight excluding hydrogens is 505 g/mol. The molecule has 0 aromatic heterocycles. The van der Waals surface area contributed by atoms with E-state index in [9.17, 15) is 22.4 Å². The number of hydrogen-bond acceptors (Lipinski definition) is 4. The van der Waals surface area contributed by atoms with E-state index in [-0.39, 0.29) is 18.5 Å². The highest BCUT2D eigenvalue weighted by molar-refractivity contribution is 7.92. The Balaban J connectivity index is 2.08. The summed E-state index contributed by atoms with van der Waals surface area (Å²) in [5.74, 6) is -1.54. The number of anilines is 1. The summed E-state index contributed by atoms with van der Waals surface area (Å²) in [5, 5.41) is 2.78. The molecule has 1 N–H and O–H groups in total.